The van der Waals surface area contributed by atoms with Gasteiger partial charge >= 0.3 is 8.80 Å². The Bertz CT molecular complexity index is 614. The molecule has 0 amide bonds. The number of terminal acetylenes is 3. The van der Waals surface area contributed by atoms with Crippen molar-refractivity contribution in [1.29, 1.82) is 0 Å². The predicted molar refractivity (Wildman–Crippen MR) is 90.1 cm³/mol. The highest BCUT2D eigenvalue weighted by molar-refractivity contribution is 6.61. The third-order valence-electron chi connectivity index (χ3n) is 3.14. The summed E-state index contributed by atoms with van der Waals surface area (Å²) in [5.41, 5.74) is 0.750. The van der Waals surface area contributed by atoms with Crippen LogP contribution in [-0.2, 0) is 19.7 Å². The van der Waals surface area contributed by atoms with E-state index in [9.17, 15) is 0 Å². The van der Waals surface area contributed by atoms with Crippen molar-refractivity contribution in [2.45, 2.75) is 12.5 Å². The fourth-order valence-electron chi connectivity index (χ4n) is 2.09. The van der Waals surface area contributed by atoms with Crippen LogP contribution in [0.1, 0.15) is 5.56 Å². The van der Waals surface area contributed by atoms with Crippen molar-refractivity contribution in [2.24, 2.45) is 0 Å². The standard InChI is InChI=1S/C17H18O6Si/c1-7-21-24(22-8-2,23-9-3)11-10-15-16(19-5)12-14(18-4)13-17(15)20-6/h1-3,12-13H,10-11H2,4-6H3. The van der Waals surface area contributed by atoms with Gasteiger partial charge in [-0.15, -0.1) is 0 Å². The molecule has 0 spiro atoms. The van der Waals surface area contributed by atoms with Crippen molar-refractivity contribution in [3.8, 4) is 54.8 Å². The predicted octanol–water partition coefficient (Wildman–Crippen LogP) is 2.02. The Hall–Kier alpha value is -3.08. The van der Waals surface area contributed by atoms with Crippen LogP contribution in [0.25, 0.3) is 0 Å². The van der Waals surface area contributed by atoms with Crippen molar-refractivity contribution in [1.82, 2.24) is 0 Å². The van der Waals surface area contributed by atoms with Gasteiger partial charge in [-0.2, -0.15) is 0 Å². The molecule has 126 valence electrons. The van der Waals surface area contributed by atoms with Gasteiger partial charge in [0.15, 0.2) is 0 Å². The maximum absolute atomic E-state index is 5.39. The molecule has 0 bridgehead atoms. The SMILES string of the molecule is C#CO[Si](CCc1c(OC)cc(OC)cc1OC)(OC#C)OC#C. The van der Waals surface area contributed by atoms with Crippen molar-refractivity contribution < 1.29 is 27.5 Å². The molecule has 0 saturated carbocycles. The van der Waals surface area contributed by atoms with Crippen LogP contribution in [0.2, 0.25) is 6.04 Å². The third kappa shape index (κ3) is 4.46. The fourth-order valence-corrected chi connectivity index (χ4v) is 3.61. The summed E-state index contributed by atoms with van der Waals surface area (Å²) in [6, 6.07) is 3.69. The molecule has 24 heavy (non-hydrogen) atoms. The lowest BCUT2D eigenvalue weighted by molar-refractivity contribution is 0.212. The summed E-state index contributed by atoms with van der Waals surface area (Å²) in [6.07, 6.45) is 22.0. The molecule has 6 nitrogen and oxygen atoms in total. The summed E-state index contributed by atoms with van der Waals surface area (Å²) in [7, 11) is 1.20. The molecule has 0 N–H and O–H groups in total. The maximum atomic E-state index is 5.39. The number of benzene rings is 1. The highest BCUT2D eigenvalue weighted by atomic mass is 28.4. The molecule has 0 aromatic heterocycles. The molecule has 7 heteroatoms. The first-order valence-corrected chi connectivity index (χ1v) is 8.72. The smallest absolute Gasteiger partial charge is 0.496 e. The molecule has 1 rings (SSSR count). The number of methoxy groups -OCH3 is 3. The summed E-state index contributed by atoms with van der Waals surface area (Å²) < 4.78 is 31.5. The van der Waals surface area contributed by atoms with Crippen LogP contribution >= 0.6 is 0 Å². The first-order chi connectivity index (χ1) is 11.6. The molecule has 1 aromatic rings. The molecular formula is C17H18O6Si. The molecule has 0 aliphatic carbocycles. The maximum Gasteiger partial charge on any atom is 0.725 e. The van der Waals surface area contributed by atoms with Gasteiger partial charge in [0.05, 0.1) is 45.7 Å². The van der Waals surface area contributed by atoms with Gasteiger partial charge in [-0.25, -0.2) is 0 Å². The monoisotopic (exact) mass is 346 g/mol. The highest BCUT2D eigenvalue weighted by Crippen LogP contribution is 2.36. The topological polar surface area (TPSA) is 55.4 Å². The van der Waals surface area contributed by atoms with Gasteiger partial charge in [-0.1, -0.05) is 19.3 Å². The van der Waals surface area contributed by atoms with Gasteiger partial charge in [-0.3, -0.25) is 0 Å². The molecule has 0 unspecified atom stereocenters. The van der Waals surface area contributed by atoms with Gasteiger partial charge in [0.1, 0.15) is 17.2 Å². The van der Waals surface area contributed by atoms with E-state index in [-0.39, 0.29) is 6.04 Å². The minimum atomic E-state index is -3.42. The van der Waals surface area contributed by atoms with Crippen molar-refractivity contribution in [2.75, 3.05) is 21.3 Å². The van der Waals surface area contributed by atoms with Crippen molar-refractivity contribution in [3.63, 3.8) is 0 Å². The van der Waals surface area contributed by atoms with Gasteiger partial charge in [0.25, 0.3) is 0 Å². The zero-order valence-electron chi connectivity index (χ0n) is 13.8. The van der Waals surface area contributed by atoms with Crippen LogP contribution in [0, 0.1) is 37.6 Å². The van der Waals surface area contributed by atoms with E-state index in [4.69, 9.17) is 46.8 Å². The lowest BCUT2D eigenvalue weighted by Crippen LogP contribution is -2.42. The first-order valence-electron chi connectivity index (χ1n) is 6.79. The summed E-state index contributed by atoms with van der Waals surface area (Å²) >= 11 is 0. The van der Waals surface area contributed by atoms with Gasteiger partial charge in [0, 0.05) is 17.7 Å². The summed E-state index contributed by atoms with van der Waals surface area (Å²) in [6.45, 7) is 0. The summed E-state index contributed by atoms with van der Waals surface area (Å²) in [5, 5.41) is 0. The Labute approximate surface area is 143 Å². The van der Waals surface area contributed by atoms with Crippen LogP contribution in [0.5, 0.6) is 17.2 Å². The number of rotatable bonds is 9. The van der Waals surface area contributed by atoms with Crippen LogP contribution in [0.4, 0.5) is 0 Å². The zero-order chi connectivity index (χ0) is 18.0. The van der Waals surface area contributed by atoms with Crippen molar-refractivity contribution >= 4 is 8.80 Å². The minimum absolute atomic E-state index is 0.227. The third-order valence-corrected chi connectivity index (χ3v) is 5.29. The fraction of sp³-hybridized carbons (Fsp3) is 0.294. The van der Waals surface area contributed by atoms with E-state index in [0.717, 1.165) is 5.56 Å². The summed E-state index contributed by atoms with van der Waals surface area (Å²) in [5.74, 6) is 1.73. The Kier molecular flexibility index (Phi) is 7.23. The molecule has 1 aromatic carbocycles. The molecule has 0 atom stereocenters. The van der Waals surface area contributed by atoms with Crippen LogP contribution < -0.4 is 14.2 Å². The van der Waals surface area contributed by atoms with E-state index >= 15 is 0 Å². The van der Waals surface area contributed by atoms with E-state index in [2.05, 4.69) is 0 Å². The molecule has 0 radical (unpaired) electrons. The average molecular weight is 346 g/mol. The molecule has 0 fully saturated rings. The van der Waals surface area contributed by atoms with Crippen LogP contribution in [0.15, 0.2) is 12.1 Å². The van der Waals surface area contributed by atoms with Crippen LogP contribution in [0.3, 0.4) is 0 Å². The second-order valence-electron chi connectivity index (χ2n) is 4.35. The lowest BCUT2D eigenvalue weighted by atomic mass is 10.1. The lowest BCUT2D eigenvalue weighted by Gasteiger charge is -2.22. The van der Waals surface area contributed by atoms with Gasteiger partial charge in [0.2, 0.25) is 0 Å². The largest absolute Gasteiger partial charge is 0.725 e. The molecule has 0 aliphatic rings. The first kappa shape index (κ1) is 19.0. The number of hydrogen-bond donors (Lipinski definition) is 0. The van der Waals surface area contributed by atoms with Gasteiger partial charge < -0.3 is 27.5 Å². The Balaban J connectivity index is 3.17. The number of hydrogen-bond acceptors (Lipinski definition) is 6. The van der Waals surface area contributed by atoms with E-state index < -0.39 is 8.80 Å². The van der Waals surface area contributed by atoms with E-state index in [1.54, 1.807) is 19.2 Å². The minimum Gasteiger partial charge on any atom is -0.496 e. The Morgan fingerprint density at radius 3 is 1.62 bits per heavy atom. The average Bonchev–Trinajstić information content (AvgIpc) is 2.59. The van der Waals surface area contributed by atoms with Crippen molar-refractivity contribution in [3.05, 3.63) is 17.7 Å². The van der Waals surface area contributed by atoms with E-state index in [0.29, 0.717) is 23.7 Å². The number of ether oxygens (including phenoxy) is 3. The molecular weight excluding hydrogens is 328 g/mol. The highest BCUT2D eigenvalue weighted by Gasteiger charge is 2.48. The second kappa shape index (κ2) is 9.15. The molecule has 0 heterocycles. The quantitative estimate of drug-likeness (QED) is 0.504. The van der Waals surface area contributed by atoms with Crippen LogP contribution in [-0.4, -0.2) is 30.1 Å². The van der Waals surface area contributed by atoms with Gasteiger partial charge in [-0.05, 0) is 6.42 Å². The zero-order valence-corrected chi connectivity index (χ0v) is 14.8. The molecule has 0 aliphatic heterocycles. The Morgan fingerprint density at radius 1 is 0.833 bits per heavy atom. The molecule has 0 saturated heterocycles. The normalized spacial score (nSPS) is 9.67. The summed E-state index contributed by atoms with van der Waals surface area (Å²) in [4.78, 5) is 0. The Morgan fingerprint density at radius 2 is 1.29 bits per heavy atom. The van der Waals surface area contributed by atoms with E-state index in [1.807, 2.05) is 18.3 Å². The van der Waals surface area contributed by atoms with E-state index in [1.165, 1.54) is 14.2 Å². The second-order valence-corrected chi connectivity index (χ2v) is 6.83.